The SMILES string of the molecule is CC(C)c1cc([C@H]2CN(C)C(=O)[C@@H]2C(=O)Nc2cccc(F)c2F)cnn1. The first-order chi connectivity index (χ1) is 12.8. The second kappa shape index (κ2) is 7.38. The maximum Gasteiger partial charge on any atom is 0.237 e. The van der Waals surface area contributed by atoms with Gasteiger partial charge >= 0.3 is 0 Å². The van der Waals surface area contributed by atoms with Gasteiger partial charge in [0.15, 0.2) is 11.6 Å². The molecule has 1 fully saturated rings. The van der Waals surface area contributed by atoms with Gasteiger partial charge in [-0.3, -0.25) is 9.59 Å². The molecule has 27 heavy (non-hydrogen) atoms. The summed E-state index contributed by atoms with van der Waals surface area (Å²) in [7, 11) is 1.60. The van der Waals surface area contributed by atoms with E-state index in [1.807, 2.05) is 19.9 Å². The van der Waals surface area contributed by atoms with Crippen LogP contribution in [0.5, 0.6) is 0 Å². The van der Waals surface area contributed by atoms with Crippen molar-refractivity contribution in [3.8, 4) is 0 Å². The highest BCUT2D eigenvalue weighted by molar-refractivity contribution is 6.08. The third kappa shape index (κ3) is 3.65. The average molecular weight is 374 g/mol. The number of likely N-dealkylation sites (N-methyl/N-ethyl adjacent to an activating group) is 1. The van der Waals surface area contributed by atoms with E-state index >= 15 is 0 Å². The largest absolute Gasteiger partial charge is 0.344 e. The first-order valence-corrected chi connectivity index (χ1v) is 8.62. The molecule has 6 nitrogen and oxygen atoms in total. The number of carbonyl (C=O) groups is 2. The second-order valence-electron chi connectivity index (χ2n) is 6.96. The Balaban J connectivity index is 1.91. The lowest BCUT2D eigenvalue weighted by Crippen LogP contribution is -2.33. The van der Waals surface area contributed by atoms with Crippen LogP contribution >= 0.6 is 0 Å². The summed E-state index contributed by atoms with van der Waals surface area (Å²) in [6.07, 6.45) is 1.53. The van der Waals surface area contributed by atoms with Gasteiger partial charge in [0.25, 0.3) is 0 Å². The summed E-state index contributed by atoms with van der Waals surface area (Å²) in [5, 5.41) is 10.4. The van der Waals surface area contributed by atoms with Crippen molar-refractivity contribution in [2.45, 2.75) is 25.7 Å². The molecule has 3 rings (SSSR count). The van der Waals surface area contributed by atoms with Gasteiger partial charge in [-0.05, 0) is 29.7 Å². The highest BCUT2D eigenvalue weighted by atomic mass is 19.2. The molecule has 2 amide bonds. The van der Waals surface area contributed by atoms with Crippen molar-refractivity contribution in [1.29, 1.82) is 0 Å². The molecule has 0 bridgehead atoms. The number of hydrogen-bond acceptors (Lipinski definition) is 4. The predicted molar refractivity (Wildman–Crippen MR) is 95.0 cm³/mol. The molecule has 0 unspecified atom stereocenters. The van der Waals surface area contributed by atoms with Gasteiger partial charge in [-0.25, -0.2) is 8.78 Å². The fourth-order valence-electron chi connectivity index (χ4n) is 3.19. The number of nitrogens with zero attached hydrogens (tertiary/aromatic N) is 3. The number of aromatic nitrogens is 2. The Bertz CT molecular complexity index is 888. The van der Waals surface area contributed by atoms with E-state index in [2.05, 4.69) is 15.5 Å². The molecule has 1 N–H and O–H groups in total. The topological polar surface area (TPSA) is 75.2 Å². The molecule has 142 valence electrons. The number of rotatable bonds is 4. The van der Waals surface area contributed by atoms with Crippen molar-refractivity contribution in [3.05, 3.63) is 53.4 Å². The lowest BCUT2D eigenvalue weighted by Gasteiger charge is -2.17. The Morgan fingerprint density at radius 2 is 2.07 bits per heavy atom. The standard InChI is InChI=1S/C19H20F2N4O2/c1-10(2)15-7-11(8-22-24-15)12-9-25(3)19(27)16(12)18(26)23-14-6-4-5-13(20)17(14)21/h4-8,10,12,16H,9H2,1-3H3,(H,23,26)/t12-,16+/m1/s1. The van der Waals surface area contributed by atoms with Gasteiger partial charge < -0.3 is 10.2 Å². The monoisotopic (exact) mass is 374 g/mol. The van der Waals surface area contributed by atoms with Crippen LogP contribution in [0.3, 0.4) is 0 Å². The molecule has 2 aromatic rings. The van der Waals surface area contributed by atoms with Gasteiger partial charge in [0, 0.05) is 19.5 Å². The van der Waals surface area contributed by atoms with Crippen molar-refractivity contribution < 1.29 is 18.4 Å². The molecule has 2 atom stereocenters. The fraction of sp³-hybridized carbons (Fsp3) is 0.368. The molecule has 1 saturated heterocycles. The van der Waals surface area contributed by atoms with Crippen LogP contribution in [-0.4, -0.2) is 40.5 Å². The quantitative estimate of drug-likeness (QED) is 0.835. The number of halogens is 2. The molecule has 8 heteroatoms. The van der Waals surface area contributed by atoms with Crippen LogP contribution in [0, 0.1) is 17.6 Å². The minimum absolute atomic E-state index is 0.140. The molecule has 2 heterocycles. The number of amides is 2. The van der Waals surface area contributed by atoms with Crippen molar-refractivity contribution in [2.24, 2.45) is 5.92 Å². The van der Waals surface area contributed by atoms with Crippen LogP contribution in [-0.2, 0) is 9.59 Å². The minimum atomic E-state index is -1.16. The van der Waals surface area contributed by atoms with Gasteiger partial charge in [-0.2, -0.15) is 10.2 Å². The Kier molecular flexibility index (Phi) is 5.16. The molecule has 0 saturated carbocycles. The molecule has 0 spiro atoms. The van der Waals surface area contributed by atoms with E-state index in [-0.39, 0.29) is 17.5 Å². The fourth-order valence-corrected chi connectivity index (χ4v) is 3.19. The normalized spacial score (nSPS) is 19.6. The van der Waals surface area contributed by atoms with Crippen LogP contribution < -0.4 is 5.32 Å². The van der Waals surface area contributed by atoms with Crippen LogP contribution in [0.15, 0.2) is 30.5 Å². The molecular formula is C19H20F2N4O2. The summed E-state index contributed by atoms with van der Waals surface area (Å²) >= 11 is 0. The van der Waals surface area contributed by atoms with Gasteiger partial charge in [0.1, 0.15) is 5.92 Å². The van der Waals surface area contributed by atoms with Crippen molar-refractivity contribution >= 4 is 17.5 Å². The predicted octanol–water partition coefficient (Wildman–Crippen LogP) is 2.69. The molecule has 1 aliphatic heterocycles. The molecule has 1 aromatic carbocycles. The molecular weight excluding hydrogens is 354 g/mol. The Morgan fingerprint density at radius 1 is 1.33 bits per heavy atom. The van der Waals surface area contributed by atoms with Gasteiger partial charge in [-0.1, -0.05) is 19.9 Å². The zero-order chi connectivity index (χ0) is 19.7. The Morgan fingerprint density at radius 3 is 2.78 bits per heavy atom. The second-order valence-corrected chi connectivity index (χ2v) is 6.96. The maximum absolute atomic E-state index is 13.9. The van der Waals surface area contributed by atoms with E-state index in [9.17, 15) is 18.4 Å². The number of anilines is 1. The lowest BCUT2D eigenvalue weighted by molar-refractivity contribution is -0.135. The van der Waals surface area contributed by atoms with E-state index in [1.165, 1.54) is 23.2 Å². The molecule has 1 aliphatic rings. The number of likely N-dealkylation sites (tertiary alicyclic amines) is 1. The Labute approximate surface area is 155 Å². The van der Waals surface area contributed by atoms with Crippen LogP contribution in [0.2, 0.25) is 0 Å². The number of nitrogens with one attached hydrogen (secondary N) is 1. The van der Waals surface area contributed by atoms with Gasteiger partial charge in [-0.15, -0.1) is 0 Å². The van der Waals surface area contributed by atoms with Crippen molar-refractivity contribution in [1.82, 2.24) is 15.1 Å². The average Bonchev–Trinajstić information content (AvgIpc) is 2.94. The van der Waals surface area contributed by atoms with Gasteiger partial charge in [0.05, 0.1) is 17.6 Å². The van der Waals surface area contributed by atoms with E-state index < -0.39 is 29.4 Å². The smallest absolute Gasteiger partial charge is 0.237 e. The summed E-state index contributed by atoms with van der Waals surface area (Å²) < 4.78 is 27.3. The van der Waals surface area contributed by atoms with Crippen molar-refractivity contribution in [2.75, 3.05) is 18.9 Å². The third-order valence-corrected chi connectivity index (χ3v) is 4.72. The van der Waals surface area contributed by atoms with Crippen LogP contribution in [0.4, 0.5) is 14.5 Å². The highest BCUT2D eigenvalue weighted by Gasteiger charge is 2.44. The number of carbonyl (C=O) groups excluding carboxylic acids is 2. The van der Waals surface area contributed by atoms with E-state index in [0.29, 0.717) is 12.1 Å². The number of benzene rings is 1. The first-order valence-electron chi connectivity index (χ1n) is 8.62. The summed E-state index contributed by atoms with van der Waals surface area (Å²) in [6, 6.07) is 5.32. The summed E-state index contributed by atoms with van der Waals surface area (Å²) in [5.74, 6) is -4.65. The number of hydrogen-bond donors (Lipinski definition) is 1. The van der Waals surface area contributed by atoms with E-state index in [0.717, 1.165) is 11.8 Å². The zero-order valence-electron chi connectivity index (χ0n) is 15.2. The molecule has 1 aromatic heterocycles. The summed E-state index contributed by atoms with van der Waals surface area (Å²) in [6.45, 7) is 4.26. The maximum atomic E-state index is 13.9. The summed E-state index contributed by atoms with van der Waals surface area (Å²) in [4.78, 5) is 26.8. The van der Waals surface area contributed by atoms with Gasteiger partial charge in [0.2, 0.25) is 11.8 Å². The first kappa shape index (κ1) is 18.9. The van der Waals surface area contributed by atoms with Crippen LogP contribution in [0.25, 0.3) is 0 Å². The van der Waals surface area contributed by atoms with E-state index in [1.54, 1.807) is 7.05 Å². The van der Waals surface area contributed by atoms with E-state index in [4.69, 9.17) is 0 Å². The Hall–Kier alpha value is -2.90. The molecule has 0 aliphatic carbocycles. The lowest BCUT2D eigenvalue weighted by atomic mass is 9.88. The minimum Gasteiger partial charge on any atom is -0.344 e. The third-order valence-electron chi connectivity index (χ3n) is 4.72. The highest BCUT2D eigenvalue weighted by Crippen LogP contribution is 2.34. The van der Waals surface area contributed by atoms with Crippen molar-refractivity contribution in [3.63, 3.8) is 0 Å². The molecule has 0 radical (unpaired) electrons. The summed E-state index contributed by atoms with van der Waals surface area (Å²) in [5.41, 5.74) is 1.17. The van der Waals surface area contributed by atoms with Crippen LogP contribution in [0.1, 0.15) is 36.9 Å². The zero-order valence-corrected chi connectivity index (χ0v) is 15.2.